The lowest BCUT2D eigenvalue weighted by Gasteiger charge is -2.10. The lowest BCUT2D eigenvalue weighted by atomic mass is 10.2. The number of aryl methyl sites for hydroxylation is 2. The molecule has 0 radical (unpaired) electrons. The highest BCUT2D eigenvalue weighted by Gasteiger charge is 2.12. The molecule has 0 fully saturated rings. The van der Waals surface area contributed by atoms with Crippen LogP contribution in [-0.4, -0.2) is 15.9 Å². The number of halogens is 1. The Morgan fingerprint density at radius 3 is 2.48 bits per heavy atom. The zero-order chi connectivity index (χ0) is 17.8. The summed E-state index contributed by atoms with van der Waals surface area (Å²) in [6, 6.07) is 16.6. The van der Waals surface area contributed by atoms with Gasteiger partial charge in [-0.2, -0.15) is 0 Å². The molecular formula is C19H17ClN4O. The number of hydrogen-bond acceptors (Lipinski definition) is 4. The summed E-state index contributed by atoms with van der Waals surface area (Å²) < 4.78 is 0. The first-order chi connectivity index (χ1) is 12.0. The molecule has 3 aromatic rings. The second-order valence-corrected chi connectivity index (χ2v) is 6.03. The Morgan fingerprint density at radius 1 is 1.00 bits per heavy atom. The molecule has 0 unspecified atom stereocenters. The molecule has 0 saturated carbocycles. The van der Waals surface area contributed by atoms with E-state index in [4.69, 9.17) is 11.6 Å². The summed E-state index contributed by atoms with van der Waals surface area (Å²) in [6.07, 6.45) is 0. The van der Waals surface area contributed by atoms with E-state index >= 15 is 0 Å². The number of aromatic nitrogens is 2. The summed E-state index contributed by atoms with van der Waals surface area (Å²) in [7, 11) is 0. The Morgan fingerprint density at radius 2 is 1.76 bits per heavy atom. The highest BCUT2D eigenvalue weighted by atomic mass is 35.5. The molecule has 0 spiro atoms. The van der Waals surface area contributed by atoms with Crippen molar-refractivity contribution in [3.05, 3.63) is 76.7 Å². The first kappa shape index (κ1) is 16.9. The van der Waals surface area contributed by atoms with E-state index in [1.165, 1.54) is 0 Å². The Balaban J connectivity index is 1.82. The number of benzene rings is 2. The summed E-state index contributed by atoms with van der Waals surface area (Å²) in [4.78, 5) is 21.1. The summed E-state index contributed by atoms with van der Waals surface area (Å²) in [5.74, 6) is 0.780. The summed E-state index contributed by atoms with van der Waals surface area (Å²) in [5, 5.41) is 6.66. The molecule has 6 heteroatoms. The van der Waals surface area contributed by atoms with Gasteiger partial charge in [-0.05, 0) is 49.7 Å². The Labute approximate surface area is 151 Å². The molecule has 5 nitrogen and oxygen atoms in total. The van der Waals surface area contributed by atoms with Crippen LogP contribution in [0.1, 0.15) is 21.9 Å². The van der Waals surface area contributed by atoms with Crippen LogP contribution in [-0.2, 0) is 0 Å². The van der Waals surface area contributed by atoms with Gasteiger partial charge in [0.2, 0.25) is 0 Å². The van der Waals surface area contributed by atoms with E-state index in [1.54, 1.807) is 31.2 Å². The molecule has 1 amide bonds. The third-order valence-corrected chi connectivity index (χ3v) is 3.79. The second-order valence-electron chi connectivity index (χ2n) is 5.59. The number of amides is 1. The summed E-state index contributed by atoms with van der Waals surface area (Å²) in [6.45, 7) is 3.63. The van der Waals surface area contributed by atoms with E-state index < -0.39 is 0 Å². The van der Waals surface area contributed by atoms with Gasteiger partial charge in [0.25, 0.3) is 5.91 Å². The standard InChI is InChI=1S/C19H17ClN4O/c1-12-10-14(20)8-9-16(12)24-19(25)17-11-18(22-13(2)21-17)23-15-6-4-3-5-7-15/h3-11H,1-2H3,(H,24,25)(H,21,22,23). The minimum Gasteiger partial charge on any atom is -0.340 e. The molecule has 1 aromatic heterocycles. The number of nitrogens with zero attached hydrogens (tertiary/aromatic N) is 2. The number of carbonyl (C=O) groups excluding carboxylic acids is 1. The van der Waals surface area contributed by atoms with Gasteiger partial charge >= 0.3 is 0 Å². The van der Waals surface area contributed by atoms with Gasteiger partial charge < -0.3 is 10.6 Å². The highest BCUT2D eigenvalue weighted by molar-refractivity contribution is 6.30. The molecule has 25 heavy (non-hydrogen) atoms. The van der Waals surface area contributed by atoms with Crippen molar-refractivity contribution in [3.63, 3.8) is 0 Å². The van der Waals surface area contributed by atoms with Crippen molar-refractivity contribution in [1.29, 1.82) is 0 Å². The van der Waals surface area contributed by atoms with Gasteiger partial charge in [0.05, 0.1) is 0 Å². The van der Waals surface area contributed by atoms with Crippen LogP contribution in [0.4, 0.5) is 17.2 Å². The average molecular weight is 353 g/mol. The number of anilines is 3. The highest BCUT2D eigenvalue weighted by Crippen LogP contribution is 2.21. The molecule has 0 aliphatic rings. The SMILES string of the molecule is Cc1nc(Nc2ccccc2)cc(C(=O)Nc2ccc(Cl)cc2C)n1. The van der Waals surface area contributed by atoms with Crippen LogP contribution in [0.3, 0.4) is 0 Å². The molecule has 0 saturated heterocycles. The van der Waals surface area contributed by atoms with Crippen molar-refractivity contribution in [2.24, 2.45) is 0 Å². The number of nitrogens with one attached hydrogen (secondary N) is 2. The van der Waals surface area contributed by atoms with Crippen molar-refractivity contribution < 1.29 is 4.79 Å². The van der Waals surface area contributed by atoms with Gasteiger partial charge in [-0.25, -0.2) is 9.97 Å². The van der Waals surface area contributed by atoms with Crippen LogP contribution in [0.25, 0.3) is 0 Å². The fourth-order valence-electron chi connectivity index (χ4n) is 2.37. The molecule has 0 atom stereocenters. The van der Waals surface area contributed by atoms with Crippen LogP contribution in [0, 0.1) is 13.8 Å². The molecule has 0 aliphatic heterocycles. The van der Waals surface area contributed by atoms with E-state index in [1.807, 2.05) is 37.3 Å². The fraction of sp³-hybridized carbons (Fsp3) is 0.105. The smallest absolute Gasteiger partial charge is 0.274 e. The fourth-order valence-corrected chi connectivity index (χ4v) is 2.60. The van der Waals surface area contributed by atoms with Gasteiger partial charge in [-0.15, -0.1) is 0 Å². The first-order valence-corrected chi connectivity index (χ1v) is 8.14. The van der Waals surface area contributed by atoms with E-state index in [0.29, 0.717) is 28.0 Å². The minimum absolute atomic E-state index is 0.292. The molecule has 126 valence electrons. The number of carbonyl (C=O) groups is 1. The van der Waals surface area contributed by atoms with Crippen molar-refractivity contribution in [2.75, 3.05) is 10.6 Å². The van der Waals surface area contributed by atoms with Crippen LogP contribution < -0.4 is 10.6 Å². The number of rotatable bonds is 4. The molecule has 0 aliphatic carbocycles. The average Bonchev–Trinajstić information content (AvgIpc) is 2.57. The first-order valence-electron chi connectivity index (χ1n) is 7.76. The van der Waals surface area contributed by atoms with Crippen LogP contribution in [0.15, 0.2) is 54.6 Å². The van der Waals surface area contributed by atoms with Crippen molar-refractivity contribution in [3.8, 4) is 0 Å². The van der Waals surface area contributed by atoms with Crippen molar-refractivity contribution in [1.82, 2.24) is 9.97 Å². The van der Waals surface area contributed by atoms with Gasteiger partial charge in [-0.1, -0.05) is 29.8 Å². The van der Waals surface area contributed by atoms with E-state index in [-0.39, 0.29) is 5.91 Å². The number of hydrogen-bond donors (Lipinski definition) is 2. The van der Waals surface area contributed by atoms with E-state index in [9.17, 15) is 4.79 Å². The Kier molecular flexibility index (Phi) is 4.95. The molecule has 2 N–H and O–H groups in total. The molecule has 1 heterocycles. The number of para-hydroxylation sites is 1. The van der Waals surface area contributed by atoms with Gasteiger partial charge in [0.1, 0.15) is 17.3 Å². The van der Waals surface area contributed by atoms with Crippen molar-refractivity contribution >= 4 is 34.7 Å². The second kappa shape index (κ2) is 7.32. The van der Waals surface area contributed by atoms with E-state index in [0.717, 1.165) is 11.3 Å². The monoisotopic (exact) mass is 352 g/mol. The Hall–Kier alpha value is -2.92. The molecule has 2 aromatic carbocycles. The topological polar surface area (TPSA) is 66.9 Å². The molecule has 0 bridgehead atoms. The minimum atomic E-state index is -0.299. The van der Waals surface area contributed by atoms with Gasteiger partial charge in [-0.3, -0.25) is 4.79 Å². The normalized spacial score (nSPS) is 10.4. The lowest BCUT2D eigenvalue weighted by molar-refractivity contribution is 0.102. The summed E-state index contributed by atoms with van der Waals surface area (Å²) in [5.41, 5.74) is 2.76. The Bertz CT molecular complexity index is 913. The van der Waals surface area contributed by atoms with Gasteiger partial charge in [0, 0.05) is 22.5 Å². The maximum Gasteiger partial charge on any atom is 0.274 e. The predicted octanol–water partition coefficient (Wildman–Crippen LogP) is 4.74. The van der Waals surface area contributed by atoms with E-state index in [2.05, 4.69) is 20.6 Å². The van der Waals surface area contributed by atoms with Crippen LogP contribution in [0.5, 0.6) is 0 Å². The zero-order valence-corrected chi connectivity index (χ0v) is 14.6. The summed E-state index contributed by atoms with van der Waals surface area (Å²) >= 11 is 5.95. The lowest BCUT2D eigenvalue weighted by Crippen LogP contribution is -2.16. The third-order valence-electron chi connectivity index (χ3n) is 3.55. The predicted molar refractivity (Wildman–Crippen MR) is 101 cm³/mol. The largest absolute Gasteiger partial charge is 0.340 e. The zero-order valence-electron chi connectivity index (χ0n) is 13.9. The maximum absolute atomic E-state index is 12.5. The molecular weight excluding hydrogens is 336 g/mol. The van der Waals surface area contributed by atoms with Crippen LogP contribution >= 0.6 is 11.6 Å². The van der Waals surface area contributed by atoms with Gasteiger partial charge in [0.15, 0.2) is 0 Å². The molecule has 3 rings (SSSR count). The van der Waals surface area contributed by atoms with Crippen molar-refractivity contribution in [2.45, 2.75) is 13.8 Å². The maximum atomic E-state index is 12.5. The quantitative estimate of drug-likeness (QED) is 0.711. The third kappa shape index (κ3) is 4.33. The van der Waals surface area contributed by atoms with Crippen LogP contribution in [0.2, 0.25) is 5.02 Å².